The van der Waals surface area contributed by atoms with Gasteiger partial charge >= 0.3 is 0 Å². The maximum atomic E-state index is 6.08. The number of aryl methyl sites for hydroxylation is 2. The zero-order valence-corrected chi connectivity index (χ0v) is 11.9. The number of benzene rings is 1. The first-order valence-corrected chi connectivity index (χ1v) is 6.62. The zero-order valence-electron chi connectivity index (χ0n) is 11.9. The molecule has 1 aromatic heterocycles. The van der Waals surface area contributed by atoms with Gasteiger partial charge in [-0.15, -0.1) is 0 Å². The van der Waals surface area contributed by atoms with Gasteiger partial charge in [-0.2, -0.15) is 0 Å². The first-order valence-electron chi connectivity index (χ1n) is 6.62. The van der Waals surface area contributed by atoms with Crippen molar-refractivity contribution in [2.24, 2.45) is 0 Å². The molecular weight excluding hydrogens is 234 g/mol. The van der Waals surface area contributed by atoms with Crippen molar-refractivity contribution in [1.29, 1.82) is 0 Å². The van der Waals surface area contributed by atoms with Crippen molar-refractivity contribution in [2.75, 3.05) is 17.7 Å². The van der Waals surface area contributed by atoms with Crippen LogP contribution >= 0.6 is 0 Å². The molecule has 2 aromatic rings. The fourth-order valence-electron chi connectivity index (χ4n) is 2.09. The minimum atomic E-state index is 0.759. The largest absolute Gasteiger partial charge is 0.396 e. The van der Waals surface area contributed by atoms with Crippen LogP contribution in [0.25, 0.3) is 0 Å². The van der Waals surface area contributed by atoms with Crippen molar-refractivity contribution in [1.82, 2.24) is 4.98 Å². The zero-order chi connectivity index (χ0) is 13.8. The molecule has 1 heterocycles. The van der Waals surface area contributed by atoms with Crippen LogP contribution in [0, 0.1) is 6.92 Å². The van der Waals surface area contributed by atoms with E-state index < -0.39 is 0 Å². The van der Waals surface area contributed by atoms with E-state index in [1.54, 1.807) is 6.20 Å². The molecule has 0 aliphatic rings. The van der Waals surface area contributed by atoms with Crippen LogP contribution in [0.15, 0.2) is 36.5 Å². The van der Waals surface area contributed by atoms with E-state index in [-0.39, 0.29) is 0 Å². The third-order valence-corrected chi connectivity index (χ3v) is 3.40. The summed E-state index contributed by atoms with van der Waals surface area (Å²) in [6.07, 6.45) is 2.88. The molecule has 0 spiro atoms. The van der Waals surface area contributed by atoms with Crippen LogP contribution in [0.4, 0.5) is 11.5 Å². The van der Waals surface area contributed by atoms with Gasteiger partial charge in [-0.1, -0.05) is 31.2 Å². The minimum Gasteiger partial charge on any atom is -0.396 e. The lowest BCUT2D eigenvalue weighted by Crippen LogP contribution is -2.19. The van der Waals surface area contributed by atoms with Gasteiger partial charge in [0.2, 0.25) is 0 Å². The molecule has 100 valence electrons. The van der Waals surface area contributed by atoms with Crippen LogP contribution in [0.1, 0.15) is 23.6 Å². The highest BCUT2D eigenvalue weighted by molar-refractivity contribution is 5.66. The van der Waals surface area contributed by atoms with Gasteiger partial charge < -0.3 is 10.6 Å². The number of anilines is 2. The molecule has 0 aliphatic carbocycles. The molecule has 0 bridgehead atoms. The lowest BCUT2D eigenvalue weighted by atomic mass is 10.1. The van der Waals surface area contributed by atoms with Crippen molar-refractivity contribution in [3.8, 4) is 0 Å². The highest BCUT2D eigenvalue weighted by Gasteiger charge is 2.09. The minimum absolute atomic E-state index is 0.759. The summed E-state index contributed by atoms with van der Waals surface area (Å²) in [7, 11) is 2.02. The second-order valence-corrected chi connectivity index (χ2v) is 4.89. The van der Waals surface area contributed by atoms with Crippen LogP contribution in [0.2, 0.25) is 0 Å². The van der Waals surface area contributed by atoms with Crippen molar-refractivity contribution in [3.05, 3.63) is 53.2 Å². The molecule has 0 atom stereocenters. The molecule has 1 aromatic carbocycles. The van der Waals surface area contributed by atoms with Crippen molar-refractivity contribution < 1.29 is 0 Å². The number of hydrogen-bond donors (Lipinski definition) is 1. The predicted molar refractivity (Wildman–Crippen MR) is 81.3 cm³/mol. The van der Waals surface area contributed by atoms with Crippen LogP contribution in [0.5, 0.6) is 0 Å². The molecule has 0 saturated carbocycles. The topological polar surface area (TPSA) is 42.2 Å². The summed E-state index contributed by atoms with van der Waals surface area (Å²) in [6, 6.07) is 10.6. The average Bonchev–Trinajstić information content (AvgIpc) is 2.42. The molecule has 0 fully saturated rings. The van der Waals surface area contributed by atoms with Gasteiger partial charge in [0, 0.05) is 19.8 Å². The number of aromatic nitrogens is 1. The van der Waals surface area contributed by atoms with E-state index >= 15 is 0 Å². The number of rotatable bonds is 4. The van der Waals surface area contributed by atoms with Gasteiger partial charge in [-0.25, -0.2) is 4.98 Å². The van der Waals surface area contributed by atoms with Crippen molar-refractivity contribution in [3.63, 3.8) is 0 Å². The molecule has 3 nitrogen and oxygen atoms in total. The fraction of sp³-hybridized carbons (Fsp3) is 0.312. The fourth-order valence-corrected chi connectivity index (χ4v) is 2.09. The van der Waals surface area contributed by atoms with Gasteiger partial charge in [0.1, 0.15) is 0 Å². The Bertz CT molecular complexity index is 546. The van der Waals surface area contributed by atoms with Crippen molar-refractivity contribution in [2.45, 2.75) is 26.8 Å². The normalized spacial score (nSPS) is 10.5. The maximum Gasteiger partial charge on any atom is 0.152 e. The van der Waals surface area contributed by atoms with Crippen LogP contribution < -0.4 is 10.6 Å². The molecule has 0 unspecified atom stereocenters. The van der Waals surface area contributed by atoms with Crippen LogP contribution in [-0.2, 0) is 13.0 Å². The predicted octanol–water partition coefficient (Wildman–Crippen LogP) is 3.17. The Morgan fingerprint density at radius 1 is 1.11 bits per heavy atom. The lowest BCUT2D eigenvalue weighted by molar-refractivity contribution is 0.897. The summed E-state index contributed by atoms with van der Waals surface area (Å²) in [5, 5.41) is 0. The highest BCUT2D eigenvalue weighted by Crippen LogP contribution is 2.23. The maximum absolute atomic E-state index is 6.08. The Balaban J connectivity index is 2.15. The first-order chi connectivity index (χ1) is 9.11. The molecule has 2 N–H and O–H groups in total. The summed E-state index contributed by atoms with van der Waals surface area (Å²) in [4.78, 5) is 6.46. The van der Waals surface area contributed by atoms with Gasteiger partial charge in [0.25, 0.3) is 0 Å². The number of nitrogens with two attached hydrogens (primary N) is 1. The van der Waals surface area contributed by atoms with E-state index in [1.165, 1.54) is 11.1 Å². The highest BCUT2D eigenvalue weighted by atomic mass is 15.2. The standard InChI is InChI=1S/C16H21N3/c1-4-13-5-7-14(8-6-13)11-19(3)16-15(17)12(2)9-10-18-16/h5-10H,4,11,17H2,1-3H3. The number of nitrogens with zero attached hydrogens (tertiary/aromatic N) is 2. The van der Waals surface area contributed by atoms with Crippen molar-refractivity contribution >= 4 is 11.5 Å². The Morgan fingerprint density at radius 2 is 1.74 bits per heavy atom. The van der Waals surface area contributed by atoms with E-state index in [0.717, 1.165) is 30.0 Å². The third-order valence-electron chi connectivity index (χ3n) is 3.40. The van der Waals surface area contributed by atoms with Crippen LogP contribution in [0.3, 0.4) is 0 Å². The SMILES string of the molecule is CCc1ccc(CN(C)c2nccc(C)c2N)cc1. The Morgan fingerprint density at radius 3 is 2.37 bits per heavy atom. The van der Waals surface area contributed by atoms with Gasteiger partial charge in [-0.3, -0.25) is 0 Å². The summed E-state index contributed by atoms with van der Waals surface area (Å²) in [6.45, 7) is 4.98. The van der Waals surface area contributed by atoms with E-state index in [4.69, 9.17) is 5.73 Å². The Labute approximate surface area is 115 Å². The lowest BCUT2D eigenvalue weighted by Gasteiger charge is -2.20. The van der Waals surface area contributed by atoms with Gasteiger partial charge in [0.05, 0.1) is 5.69 Å². The Kier molecular flexibility index (Phi) is 4.05. The molecule has 2 rings (SSSR count). The van der Waals surface area contributed by atoms with E-state index in [1.807, 2.05) is 20.0 Å². The second kappa shape index (κ2) is 5.74. The second-order valence-electron chi connectivity index (χ2n) is 4.89. The number of nitrogen functional groups attached to an aromatic ring is 1. The van der Waals surface area contributed by atoms with Gasteiger partial charge in [0.15, 0.2) is 5.82 Å². The average molecular weight is 255 g/mol. The van der Waals surface area contributed by atoms with E-state index in [2.05, 4.69) is 41.1 Å². The van der Waals surface area contributed by atoms with E-state index in [9.17, 15) is 0 Å². The summed E-state index contributed by atoms with van der Waals surface area (Å²) < 4.78 is 0. The van der Waals surface area contributed by atoms with E-state index in [0.29, 0.717) is 0 Å². The molecule has 19 heavy (non-hydrogen) atoms. The monoisotopic (exact) mass is 255 g/mol. The molecule has 0 saturated heterocycles. The first kappa shape index (κ1) is 13.4. The van der Waals surface area contributed by atoms with Gasteiger partial charge in [-0.05, 0) is 36.1 Å². The van der Waals surface area contributed by atoms with Crippen LogP contribution in [-0.4, -0.2) is 12.0 Å². The smallest absolute Gasteiger partial charge is 0.152 e. The number of hydrogen-bond acceptors (Lipinski definition) is 3. The molecule has 0 aliphatic heterocycles. The quantitative estimate of drug-likeness (QED) is 0.912. The third kappa shape index (κ3) is 3.05. The molecular formula is C16H21N3. The molecule has 0 radical (unpaired) electrons. The molecule has 0 amide bonds. The summed E-state index contributed by atoms with van der Waals surface area (Å²) in [5.41, 5.74) is 10.5. The Hall–Kier alpha value is -2.03. The summed E-state index contributed by atoms with van der Waals surface area (Å²) >= 11 is 0. The molecule has 3 heteroatoms. The number of pyridine rings is 1. The summed E-state index contributed by atoms with van der Waals surface area (Å²) in [5.74, 6) is 0.847.